The number of anilines is 1. The van der Waals surface area contributed by atoms with Gasteiger partial charge in [-0.25, -0.2) is 13.1 Å². The zero-order chi connectivity index (χ0) is 15.8. The Bertz CT molecular complexity index is 641. The molecule has 21 heavy (non-hydrogen) atoms. The summed E-state index contributed by atoms with van der Waals surface area (Å²) in [4.78, 5) is 0.239. The van der Waals surface area contributed by atoms with Gasteiger partial charge in [-0.05, 0) is 50.3 Å². The zero-order valence-corrected chi connectivity index (χ0v) is 13.6. The average Bonchev–Trinajstić information content (AvgIpc) is 2.38. The highest BCUT2D eigenvalue weighted by atomic mass is 32.2. The second-order valence-electron chi connectivity index (χ2n) is 5.96. The fourth-order valence-electron chi connectivity index (χ4n) is 3.10. The Balaban J connectivity index is 2.38. The van der Waals surface area contributed by atoms with Gasteiger partial charge >= 0.3 is 0 Å². The SMILES string of the molecule is Cc1cc(C)c(S(=O)(=O)N[C@@H]2CCCC[C@H]2O)c(C)c1N. The molecule has 0 saturated heterocycles. The number of rotatable bonds is 3. The van der Waals surface area contributed by atoms with Crippen molar-refractivity contribution in [1.82, 2.24) is 4.72 Å². The molecule has 1 aliphatic carbocycles. The van der Waals surface area contributed by atoms with Crippen molar-refractivity contribution in [2.45, 2.75) is 63.5 Å². The van der Waals surface area contributed by atoms with Crippen LogP contribution in [0.2, 0.25) is 0 Å². The molecule has 2 atom stereocenters. The third-order valence-electron chi connectivity index (χ3n) is 4.27. The lowest BCUT2D eigenvalue weighted by molar-refractivity contribution is 0.101. The first-order valence-corrected chi connectivity index (χ1v) is 8.79. The highest BCUT2D eigenvalue weighted by Gasteiger charge is 2.30. The van der Waals surface area contributed by atoms with Gasteiger partial charge in [0.2, 0.25) is 10.0 Å². The van der Waals surface area contributed by atoms with Gasteiger partial charge in [-0.2, -0.15) is 0 Å². The van der Waals surface area contributed by atoms with Gasteiger partial charge in [0.1, 0.15) is 0 Å². The van der Waals surface area contributed by atoms with Gasteiger partial charge < -0.3 is 10.8 Å². The predicted molar refractivity (Wildman–Crippen MR) is 83.6 cm³/mol. The maximum atomic E-state index is 12.7. The van der Waals surface area contributed by atoms with Crippen molar-refractivity contribution in [1.29, 1.82) is 0 Å². The number of aliphatic hydroxyl groups is 1. The summed E-state index contributed by atoms with van der Waals surface area (Å²) in [5.41, 5.74) is 8.60. The summed E-state index contributed by atoms with van der Waals surface area (Å²) >= 11 is 0. The van der Waals surface area contributed by atoms with E-state index in [2.05, 4.69) is 4.72 Å². The molecule has 4 N–H and O–H groups in total. The molecule has 0 aromatic heterocycles. The summed E-state index contributed by atoms with van der Waals surface area (Å²) in [6.45, 7) is 5.36. The van der Waals surface area contributed by atoms with Crippen LogP contribution in [0.25, 0.3) is 0 Å². The summed E-state index contributed by atoms with van der Waals surface area (Å²) < 4.78 is 28.0. The Morgan fingerprint density at radius 2 is 1.81 bits per heavy atom. The maximum absolute atomic E-state index is 12.7. The summed E-state index contributed by atoms with van der Waals surface area (Å²) in [5.74, 6) is 0. The molecule has 0 radical (unpaired) electrons. The number of nitrogen functional groups attached to an aromatic ring is 1. The van der Waals surface area contributed by atoms with Crippen LogP contribution < -0.4 is 10.5 Å². The predicted octanol–water partition coefficient (Wildman–Crippen LogP) is 1.78. The van der Waals surface area contributed by atoms with Crippen molar-refractivity contribution >= 4 is 15.7 Å². The second kappa shape index (κ2) is 5.94. The highest BCUT2D eigenvalue weighted by molar-refractivity contribution is 7.89. The van der Waals surface area contributed by atoms with Crippen LogP contribution in [0.4, 0.5) is 5.69 Å². The van der Waals surface area contributed by atoms with Crippen LogP contribution in [-0.2, 0) is 10.0 Å². The van der Waals surface area contributed by atoms with Crippen molar-refractivity contribution in [3.05, 3.63) is 22.8 Å². The number of hydrogen-bond acceptors (Lipinski definition) is 4. The number of nitrogens with one attached hydrogen (secondary N) is 1. The first-order valence-electron chi connectivity index (χ1n) is 7.30. The van der Waals surface area contributed by atoms with E-state index in [0.29, 0.717) is 29.7 Å². The van der Waals surface area contributed by atoms with Gasteiger partial charge in [0.15, 0.2) is 0 Å². The molecule has 1 saturated carbocycles. The molecule has 0 spiro atoms. The number of nitrogens with two attached hydrogens (primary N) is 1. The topological polar surface area (TPSA) is 92.4 Å². The number of benzene rings is 1. The van der Waals surface area contributed by atoms with Crippen molar-refractivity contribution in [2.75, 3.05) is 5.73 Å². The van der Waals surface area contributed by atoms with Crippen molar-refractivity contribution < 1.29 is 13.5 Å². The van der Waals surface area contributed by atoms with Crippen LogP contribution in [0, 0.1) is 20.8 Å². The van der Waals surface area contributed by atoms with E-state index in [0.717, 1.165) is 18.4 Å². The summed E-state index contributed by atoms with van der Waals surface area (Å²) in [5, 5.41) is 9.96. The normalized spacial score (nSPS) is 23.2. The molecule has 1 fully saturated rings. The highest BCUT2D eigenvalue weighted by Crippen LogP contribution is 2.29. The smallest absolute Gasteiger partial charge is 0.241 e. The van der Waals surface area contributed by atoms with E-state index in [1.54, 1.807) is 19.9 Å². The van der Waals surface area contributed by atoms with E-state index in [-0.39, 0.29) is 4.90 Å². The van der Waals surface area contributed by atoms with E-state index in [4.69, 9.17) is 5.73 Å². The minimum atomic E-state index is -3.68. The number of sulfonamides is 1. The number of aliphatic hydroxyl groups excluding tert-OH is 1. The third-order valence-corrected chi connectivity index (χ3v) is 6.04. The van der Waals surface area contributed by atoms with Crippen LogP contribution in [0.15, 0.2) is 11.0 Å². The molecule has 0 bridgehead atoms. The van der Waals surface area contributed by atoms with Crippen LogP contribution in [0.5, 0.6) is 0 Å². The number of hydrogen-bond donors (Lipinski definition) is 3. The Labute approximate surface area is 126 Å². The zero-order valence-electron chi connectivity index (χ0n) is 12.8. The van der Waals surface area contributed by atoms with E-state index in [1.807, 2.05) is 6.92 Å². The van der Waals surface area contributed by atoms with E-state index >= 15 is 0 Å². The van der Waals surface area contributed by atoms with Crippen LogP contribution in [0.3, 0.4) is 0 Å². The molecule has 2 rings (SSSR count). The van der Waals surface area contributed by atoms with Gasteiger partial charge in [0.25, 0.3) is 0 Å². The molecule has 1 aromatic carbocycles. The van der Waals surface area contributed by atoms with Crippen LogP contribution in [0.1, 0.15) is 42.4 Å². The molecule has 0 heterocycles. The quantitative estimate of drug-likeness (QED) is 0.742. The largest absolute Gasteiger partial charge is 0.398 e. The molecule has 1 aromatic rings. The maximum Gasteiger partial charge on any atom is 0.241 e. The fraction of sp³-hybridized carbons (Fsp3) is 0.600. The lowest BCUT2D eigenvalue weighted by Gasteiger charge is -2.28. The molecule has 6 heteroatoms. The Morgan fingerprint density at radius 1 is 1.19 bits per heavy atom. The average molecular weight is 312 g/mol. The first-order chi connectivity index (χ1) is 9.74. The lowest BCUT2D eigenvalue weighted by Crippen LogP contribution is -2.45. The fourth-order valence-corrected chi connectivity index (χ4v) is 4.89. The monoisotopic (exact) mass is 312 g/mol. The van der Waals surface area contributed by atoms with E-state index in [9.17, 15) is 13.5 Å². The van der Waals surface area contributed by atoms with Gasteiger partial charge in [-0.15, -0.1) is 0 Å². The van der Waals surface area contributed by atoms with Gasteiger partial charge in [0.05, 0.1) is 11.0 Å². The van der Waals surface area contributed by atoms with Gasteiger partial charge in [0, 0.05) is 11.7 Å². The Kier molecular flexibility index (Phi) is 4.60. The molecule has 118 valence electrons. The van der Waals surface area contributed by atoms with Crippen molar-refractivity contribution in [2.24, 2.45) is 0 Å². The van der Waals surface area contributed by atoms with E-state index < -0.39 is 22.2 Å². The van der Waals surface area contributed by atoms with Crippen molar-refractivity contribution in [3.63, 3.8) is 0 Å². The molecular weight excluding hydrogens is 288 g/mol. The standard InChI is InChI=1S/C15H24N2O3S/c1-9-8-10(2)15(11(3)14(9)16)21(19,20)17-12-6-4-5-7-13(12)18/h8,12-13,17-18H,4-7,16H2,1-3H3/t12-,13-/m1/s1. The molecule has 0 unspecified atom stereocenters. The van der Waals surface area contributed by atoms with Crippen molar-refractivity contribution in [3.8, 4) is 0 Å². The van der Waals surface area contributed by atoms with Crippen LogP contribution >= 0.6 is 0 Å². The third kappa shape index (κ3) is 3.22. The van der Waals surface area contributed by atoms with E-state index in [1.165, 1.54) is 0 Å². The van der Waals surface area contributed by atoms with Gasteiger partial charge in [-0.3, -0.25) is 0 Å². The summed E-state index contributed by atoms with van der Waals surface area (Å²) in [6, 6.07) is 1.37. The molecule has 0 amide bonds. The minimum Gasteiger partial charge on any atom is -0.398 e. The minimum absolute atomic E-state index is 0.239. The summed E-state index contributed by atoms with van der Waals surface area (Å²) in [6.07, 6.45) is 2.56. The molecule has 0 aliphatic heterocycles. The molecular formula is C15H24N2O3S. The molecule has 5 nitrogen and oxygen atoms in total. The Morgan fingerprint density at radius 3 is 2.43 bits per heavy atom. The van der Waals surface area contributed by atoms with Crippen LogP contribution in [-0.4, -0.2) is 25.7 Å². The molecule has 1 aliphatic rings. The number of aryl methyl sites for hydroxylation is 2. The summed E-state index contributed by atoms with van der Waals surface area (Å²) in [7, 11) is -3.68. The second-order valence-corrected chi connectivity index (χ2v) is 7.61. The van der Waals surface area contributed by atoms with Gasteiger partial charge in [-0.1, -0.05) is 18.9 Å². The lowest BCUT2D eigenvalue weighted by atomic mass is 9.93. The Hall–Kier alpha value is -1.11. The first kappa shape index (κ1) is 16.3.